The second kappa shape index (κ2) is 6.99. The molecular weight excluding hydrogens is 282 g/mol. The van der Waals surface area contributed by atoms with Gasteiger partial charge in [0.1, 0.15) is 11.3 Å². The summed E-state index contributed by atoms with van der Waals surface area (Å²) in [6.45, 7) is 4.03. The molecule has 0 aromatic carbocycles. The van der Waals surface area contributed by atoms with E-state index in [4.69, 9.17) is 9.52 Å². The standard InChI is InChI=1S/C17H25NO4/c1-4-11-6-8-12(9-7-11)18(3)16(19)15-10-13(17(20)21)14(5-2)22-15/h10-12H,4-9H2,1-3H3,(H,20,21). The lowest BCUT2D eigenvalue weighted by Crippen LogP contribution is -2.39. The van der Waals surface area contributed by atoms with Crippen molar-refractivity contribution in [1.29, 1.82) is 0 Å². The quantitative estimate of drug-likeness (QED) is 0.902. The Balaban J connectivity index is 2.09. The molecule has 0 radical (unpaired) electrons. The maximum atomic E-state index is 12.5. The summed E-state index contributed by atoms with van der Waals surface area (Å²) in [6.07, 6.45) is 5.97. The molecule has 22 heavy (non-hydrogen) atoms. The number of hydrogen-bond donors (Lipinski definition) is 1. The molecule has 5 heteroatoms. The van der Waals surface area contributed by atoms with Crippen molar-refractivity contribution in [3.63, 3.8) is 0 Å². The van der Waals surface area contributed by atoms with Crippen LogP contribution in [0.4, 0.5) is 0 Å². The molecule has 122 valence electrons. The highest BCUT2D eigenvalue weighted by molar-refractivity contribution is 5.96. The molecule has 1 aliphatic rings. The van der Waals surface area contributed by atoms with Gasteiger partial charge in [-0.05, 0) is 31.6 Å². The Morgan fingerprint density at radius 2 is 1.91 bits per heavy atom. The van der Waals surface area contributed by atoms with E-state index in [9.17, 15) is 9.59 Å². The van der Waals surface area contributed by atoms with Crippen LogP contribution in [0.15, 0.2) is 10.5 Å². The zero-order chi connectivity index (χ0) is 16.3. The highest BCUT2D eigenvalue weighted by atomic mass is 16.4. The molecule has 1 heterocycles. The third kappa shape index (κ3) is 3.34. The average Bonchev–Trinajstić information content (AvgIpc) is 2.98. The van der Waals surface area contributed by atoms with Crippen LogP contribution in [-0.4, -0.2) is 35.0 Å². The lowest BCUT2D eigenvalue weighted by molar-refractivity contribution is 0.0639. The first-order valence-corrected chi connectivity index (χ1v) is 8.11. The van der Waals surface area contributed by atoms with E-state index in [0.717, 1.165) is 31.6 Å². The molecule has 0 aliphatic heterocycles. The van der Waals surface area contributed by atoms with Gasteiger partial charge in [0.25, 0.3) is 5.91 Å². The number of aryl methyl sites for hydroxylation is 1. The van der Waals surface area contributed by atoms with Crippen molar-refractivity contribution < 1.29 is 19.1 Å². The number of carbonyl (C=O) groups excluding carboxylic acids is 1. The predicted molar refractivity (Wildman–Crippen MR) is 83.2 cm³/mol. The minimum Gasteiger partial charge on any atom is -0.478 e. The lowest BCUT2D eigenvalue weighted by Gasteiger charge is -2.34. The number of rotatable bonds is 5. The summed E-state index contributed by atoms with van der Waals surface area (Å²) >= 11 is 0. The molecule has 1 fully saturated rings. The van der Waals surface area contributed by atoms with Crippen molar-refractivity contribution in [1.82, 2.24) is 4.90 Å². The van der Waals surface area contributed by atoms with Crippen molar-refractivity contribution in [2.45, 2.75) is 58.4 Å². The van der Waals surface area contributed by atoms with Gasteiger partial charge in [-0.2, -0.15) is 0 Å². The maximum Gasteiger partial charge on any atom is 0.339 e. The van der Waals surface area contributed by atoms with E-state index in [1.54, 1.807) is 11.9 Å². The van der Waals surface area contributed by atoms with Crippen molar-refractivity contribution in [2.24, 2.45) is 5.92 Å². The van der Waals surface area contributed by atoms with E-state index >= 15 is 0 Å². The highest BCUT2D eigenvalue weighted by Gasteiger charge is 2.29. The number of carboxylic acids is 1. The first-order valence-electron chi connectivity index (χ1n) is 8.11. The second-order valence-electron chi connectivity index (χ2n) is 6.11. The summed E-state index contributed by atoms with van der Waals surface area (Å²) in [6, 6.07) is 1.58. The molecule has 5 nitrogen and oxygen atoms in total. The second-order valence-corrected chi connectivity index (χ2v) is 6.11. The minimum atomic E-state index is -1.05. The molecule has 1 amide bonds. The van der Waals surface area contributed by atoms with Crippen LogP contribution < -0.4 is 0 Å². The Labute approximate surface area is 131 Å². The van der Waals surface area contributed by atoms with Crippen molar-refractivity contribution in [2.75, 3.05) is 7.05 Å². The Kier molecular flexibility index (Phi) is 5.27. The maximum absolute atomic E-state index is 12.5. The van der Waals surface area contributed by atoms with Crippen LogP contribution in [0.25, 0.3) is 0 Å². The fourth-order valence-corrected chi connectivity index (χ4v) is 3.26. The van der Waals surface area contributed by atoms with Gasteiger partial charge in [0.15, 0.2) is 5.76 Å². The normalized spacial score (nSPS) is 21.6. The average molecular weight is 307 g/mol. The van der Waals surface area contributed by atoms with E-state index < -0.39 is 5.97 Å². The number of carboxylic acid groups (broad SMARTS) is 1. The molecule has 0 saturated heterocycles. The monoisotopic (exact) mass is 307 g/mol. The van der Waals surface area contributed by atoms with Crippen LogP contribution >= 0.6 is 0 Å². The summed E-state index contributed by atoms with van der Waals surface area (Å²) < 4.78 is 5.47. The molecule has 0 spiro atoms. The largest absolute Gasteiger partial charge is 0.478 e. The van der Waals surface area contributed by atoms with Crippen molar-refractivity contribution >= 4 is 11.9 Å². The molecule has 0 bridgehead atoms. The third-order valence-corrected chi connectivity index (χ3v) is 4.83. The Morgan fingerprint density at radius 3 is 2.36 bits per heavy atom. The van der Waals surface area contributed by atoms with Gasteiger partial charge in [0.2, 0.25) is 0 Å². The molecule has 1 aromatic heterocycles. The van der Waals surface area contributed by atoms with Gasteiger partial charge < -0.3 is 14.4 Å². The van der Waals surface area contributed by atoms with Crippen LogP contribution in [0.2, 0.25) is 0 Å². The molecule has 1 N–H and O–H groups in total. The first kappa shape index (κ1) is 16.6. The Morgan fingerprint density at radius 1 is 1.27 bits per heavy atom. The zero-order valence-electron chi connectivity index (χ0n) is 13.6. The number of carbonyl (C=O) groups is 2. The Hall–Kier alpha value is -1.78. The lowest BCUT2D eigenvalue weighted by atomic mass is 9.84. The van der Waals surface area contributed by atoms with Gasteiger partial charge in [-0.15, -0.1) is 0 Å². The topological polar surface area (TPSA) is 70.8 Å². The van der Waals surface area contributed by atoms with Gasteiger partial charge in [0.05, 0.1) is 0 Å². The van der Waals surface area contributed by atoms with Crippen LogP contribution in [0.3, 0.4) is 0 Å². The number of furan rings is 1. The van der Waals surface area contributed by atoms with Gasteiger partial charge in [-0.3, -0.25) is 4.79 Å². The number of nitrogens with zero attached hydrogens (tertiary/aromatic N) is 1. The molecule has 2 rings (SSSR count). The molecule has 1 aliphatic carbocycles. The molecular formula is C17H25NO4. The SMILES string of the molecule is CCc1oc(C(=O)N(C)C2CCC(CC)CC2)cc1C(=O)O. The van der Waals surface area contributed by atoms with E-state index in [2.05, 4.69) is 6.92 Å². The summed E-state index contributed by atoms with van der Waals surface area (Å²) in [5.74, 6) is -0.00474. The minimum absolute atomic E-state index is 0.0916. The van der Waals surface area contributed by atoms with E-state index in [1.165, 1.54) is 12.5 Å². The van der Waals surface area contributed by atoms with Gasteiger partial charge in [-0.1, -0.05) is 20.3 Å². The number of amides is 1. The fourth-order valence-electron chi connectivity index (χ4n) is 3.26. The third-order valence-electron chi connectivity index (χ3n) is 4.83. The summed E-state index contributed by atoms with van der Waals surface area (Å²) in [5, 5.41) is 9.15. The number of hydrogen-bond acceptors (Lipinski definition) is 3. The summed E-state index contributed by atoms with van der Waals surface area (Å²) in [7, 11) is 1.79. The van der Waals surface area contributed by atoms with Crippen molar-refractivity contribution in [3.8, 4) is 0 Å². The van der Waals surface area contributed by atoms with E-state index in [0.29, 0.717) is 12.2 Å². The molecule has 1 aromatic rings. The number of aromatic carboxylic acids is 1. The fraction of sp³-hybridized carbons (Fsp3) is 0.647. The first-order chi connectivity index (χ1) is 10.5. The van der Waals surface area contributed by atoms with E-state index in [1.807, 2.05) is 6.92 Å². The van der Waals surface area contributed by atoms with Crippen LogP contribution in [0.1, 0.15) is 72.6 Å². The van der Waals surface area contributed by atoms with Crippen LogP contribution in [-0.2, 0) is 6.42 Å². The molecule has 1 saturated carbocycles. The summed E-state index contributed by atoms with van der Waals surface area (Å²) in [4.78, 5) is 25.4. The summed E-state index contributed by atoms with van der Waals surface area (Å²) in [5.41, 5.74) is 0.0916. The van der Waals surface area contributed by atoms with Gasteiger partial charge in [-0.25, -0.2) is 4.79 Å². The Bertz CT molecular complexity index is 541. The highest BCUT2D eigenvalue weighted by Crippen LogP contribution is 2.30. The molecule has 0 atom stereocenters. The smallest absolute Gasteiger partial charge is 0.339 e. The van der Waals surface area contributed by atoms with Crippen LogP contribution in [0, 0.1) is 5.92 Å². The van der Waals surface area contributed by atoms with Gasteiger partial charge in [0, 0.05) is 25.6 Å². The van der Waals surface area contributed by atoms with E-state index in [-0.39, 0.29) is 23.3 Å². The van der Waals surface area contributed by atoms with Crippen LogP contribution in [0.5, 0.6) is 0 Å². The zero-order valence-corrected chi connectivity index (χ0v) is 13.6. The molecule has 0 unspecified atom stereocenters. The predicted octanol–water partition coefficient (Wildman–Crippen LogP) is 3.58. The van der Waals surface area contributed by atoms with Gasteiger partial charge >= 0.3 is 5.97 Å². The van der Waals surface area contributed by atoms with Crippen molar-refractivity contribution in [3.05, 3.63) is 23.2 Å².